The first-order chi connectivity index (χ1) is 20.8. The maximum Gasteiger partial charge on any atom is 0.279 e. The van der Waals surface area contributed by atoms with Gasteiger partial charge >= 0.3 is 0 Å². The molecule has 216 valence electrons. The molecule has 0 fully saturated rings. The molecular weight excluding hydrogens is 547 g/mol. The van der Waals surface area contributed by atoms with Crippen LogP contribution in [-0.2, 0) is 26.6 Å². The summed E-state index contributed by atoms with van der Waals surface area (Å²) in [5.41, 5.74) is 4.52. The molecule has 7 rings (SSSR count). The van der Waals surface area contributed by atoms with Crippen LogP contribution in [-0.4, -0.2) is 42.1 Å². The molecule has 6 aromatic rings. The van der Waals surface area contributed by atoms with E-state index < -0.39 is 12.4 Å². The molecule has 0 spiro atoms. The zero-order valence-electron chi connectivity index (χ0n) is 23.7. The second kappa shape index (κ2) is 10.3. The number of nitrogens with zero attached hydrogens (tertiary/aromatic N) is 5. The molecule has 0 amide bonds. The van der Waals surface area contributed by atoms with Crippen LogP contribution in [0.4, 0.5) is 15.9 Å². The molecular formula is C33H29FN6O3. The Bertz CT molecular complexity index is 2180. The molecule has 1 aliphatic rings. The first-order valence-electron chi connectivity index (χ1n) is 14.0. The Morgan fingerprint density at radius 1 is 0.977 bits per heavy atom. The molecule has 43 heavy (non-hydrogen) atoms. The van der Waals surface area contributed by atoms with E-state index in [2.05, 4.69) is 17.3 Å². The van der Waals surface area contributed by atoms with Crippen molar-refractivity contribution in [3.63, 3.8) is 0 Å². The van der Waals surface area contributed by atoms with E-state index >= 15 is 4.39 Å². The number of fused-ring (bicyclic) bond motifs is 4. The normalized spacial score (nSPS) is 13.5. The summed E-state index contributed by atoms with van der Waals surface area (Å²) < 4.78 is 19.8. The van der Waals surface area contributed by atoms with Crippen molar-refractivity contribution in [3.8, 4) is 16.8 Å². The van der Waals surface area contributed by atoms with Crippen molar-refractivity contribution in [2.75, 3.05) is 18.9 Å². The molecule has 0 saturated heterocycles. The fraction of sp³-hybridized carbons (Fsp3) is 0.182. The first-order valence-corrected chi connectivity index (χ1v) is 14.0. The van der Waals surface area contributed by atoms with E-state index in [1.54, 1.807) is 42.2 Å². The van der Waals surface area contributed by atoms with E-state index in [1.165, 1.54) is 21.3 Å². The molecule has 0 bridgehead atoms. The molecule has 10 heteroatoms. The van der Waals surface area contributed by atoms with E-state index in [0.717, 1.165) is 41.7 Å². The summed E-state index contributed by atoms with van der Waals surface area (Å²) in [5.74, 6) is -0.0430. The van der Waals surface area contributed by atoms with E-state index in [1.807, 2.05) is 36.4 Å². The van der Waals surface area contributed by atoms with E-state index in [4.69, 9.17) is 4.98 Å². The van der Waals surface area contributed by atoms with Crippen LogP contribution in [0.15, 0.2) is 88.8 Å². The summed E-state index contributed by atoms with van der Waals surface area (Å²) in [5, 5.41) is 14.6. The Morgan fingerprint density at radius 2 is 1.81 bits per heavy atom. The van der Waals surface area contributed by atoms with Gasteiger partial charge in [0, 0.05) is 67.4 Å². The molecule has 0 unspecified atom stereocenters. The van der Waals surface area contributed by atoms with Gasteiger partial charge in [0.1, 0.15) is 22.8 Å². The van der Waals surface area contributed by atoms with Crippen LogP contribution in [0.3, 0.4) is 0 Å². The number of aryl methyl sites for hydroxylation is 1. The summed E-state index contributed by atoms with van der Waals surface area (Å²) in [6.07, 6.45) is 5.73. The number of anilines is 2. The quantitative estimate of drug-likeness (QED) is 0.317. The maximum absolute atomic E-state index is 15.2. The minimum Gasteiger partial charge on any atom is -0.392 e. The number of nitrogens with one attached hydrogen (secondary N) is 1. The second-order valence-corrected chi connectivity index (χ2v) is 11.0. The fourth-order valence-corrected chi connectivity index (χ4v) is 5.99. The van der Waals surface area contributed by atoms with Gasteiger partial charge in [0.05, 0.1) is 17.8 Å². The highest BCUT2D eigenvalue weighted by molar-refractivity contribution is 5.87. The van der Waals surface area contributed by atoms with Gasteiger partial charge in [-0.3, -0.25) is 14.2 Å². The Hall–Kier alpha value is -5.06. The van der Waals surface area contributed by atoms with E-state index in [0.29, 0.717) is 28.0 Å². The average Bonchev–Trinajstić information content (AvgIpc) is 3.39. The number of pyridine rings is 2. The molecule has 0 atom stereocenters. The van der Waals surface area contributed by atoms with Crippen molar-refractivity contribution in [1.82, 2.24) is 23.4 Å². The third-order valence-corrected chi connectivity index (χ3v) is 8.16. The van der Waals surface area contributed by atoms with E-state index in [-0.39, 0.29) is 22.5 Å². The van der Waals surface area contributed by atoms with Crippen LogP contribution in [0.25, 0.3) is 33.2 Å². The molecule has 0 saturated carbocycles. The number of likely N-dealkylation sites (N-methyl/N-ethyl adjacent to an activating group) is 1. The summed E-state index contributed by atoms with van der Waals surface area (Å²) in [4.78, 5) is 33.8. The zero-order valence-corrected chi connectivity index (χ0v) is 23.7. The number of rotatable bonds is 5. The average molecular weight is 577 g/mol. The maximum atomic E-state index is 15.2. The number of hydrogen-bond donors (Lipinski definition) is 2. The van der Waals surface area contributed by atoms with Crippen molar-refractivity contribution in [2.45, 2.75) is 19.6 Å². The van der Waals surface area contributed by atoms with Gasteiger partial charge in [0.2, 0.25) is 0 Å². The Balaban J connectivity index is 1.34. The molecule has 2 N–H and O–H groups in total. The summed E-state index contributed by atoms with van der Waals surface area (Å²) in [6, 6.07) is 17.5. The van der Waals surface area contributed by atoms with Crippen LogP contribution in [0.1, 0.15) is 16.8 Å². The highest BCUT2D eigenvalue weighted by Gasteiger charge is 2.19. The number of aliphatic hydroxyl groups excluding tert-OH is 1. The predicted molar refractivity (Wildman–Crippen MR) is 165 cm³/mol. The van der Waals surface area contributed by atoms with Crippen LogP contribution in [0, 0.1) is 5.82 Å². The summed E-state index contributed by atoms with van der Waals surface area (Å²) in [6.45, 7) is 1.27. The van der Waals surface area contributed by atoms with E-state index in [9.17, 15) is 14.7 Å². The molecule has 0 aliphatic carbocycles. The standard InChI is InChI=1S/C33H29FN6O3/c1-37-10-9-26-21(17-37)7-8-31(35-26)36-27-13-22(18-38(2)32(27)42)24-15-23(34)16-29(25(24)19-41)40-12-11-39-28-6-4-3-5-20(28)14-30(39)33(40)43/h3-8,11-16,18,41H,9-10,17,19H2,1-2H3,(H,35,36). The van der Waals surface area contributed by atoms with Gasteiger partial charge in [0.15, 0.2) is 0 Å². The Kier molecular flexibility index (Phi) is 6.45. The third kappa shape index (κ3) is 4.61. The van der Waals surface area contributed by atoms with Gasteiger partial charge in [0.25, 0.3) is 11.1 Å². The topological polar surface area (TPSA) is 96.8 Å². The summed E-state index contributed by atoms with van der Waals surface area (Å²) in [7, 11) is 3.68. The van der Waals surface area contributed by atoms with Gasteiger partial charge in [-0.1, -0.05) is 24.3 Å². The van der Waals surface area contributed by atoms with Crippen molar-refractivity contribution < 1.29 is 9.50 Å². The minimum absolute atomic E-state index is 0.222. The van der Waals surface area contributed by atoms with Crippen LogP contribution in [0.5, 0.6) is 0 Å². The van der Waals surface area contributed by atoms with Crippen molar-refractivity contribution in [3.05, 3.63) is 123 Å². The molecule has 1 aliphatic heterocycles. The van der Waals surface area contributed by atoms with Crippen molar-refractivity contribution in [2.24, 2.45) is 7.05 Å². The summed E-state index contributed by atoms with van der Waals surface area (Å²) >= 11 is 0. The molecule has 5 heterocycles. The number of aliphatic hydroxyl groups is 1. The van der Waals surface area contributed by atoms with Gasteiger partial charge < -0.3 is 24.3 Å². The number of halogens is 1. The largest absolute Gasteiger partial charge is 0.392 e. The number of aromatic nitrogens is 4. The molecule has 0 radical (unpaired) electrons. The number of benzene rings is 2. The number of para-hydroxylation sites is 1. The highest BCUT2D eigenvalue weighted by Crippen LogP contribution is 2.31. The number of hydrogen-bond acceptors (Lipinski definition) is 6. The van der Waals surface area contributed by atoms with Crippen LogP contribution in [0.2, 0.25) is 0 Å². The van der Waals surface area contributed by atoms with Gasteiger partial charge in [-0.2, -0.15) is 0 Å². The molecule has 9 nitrogen and oxygen atoms in total. The van der Waals surface area contributed by atoms with Gasteiger partial charge in [-0.05, 0) is 54.6 Å². The Labute approximate surface area is 245 Å². The third-order valence-electron chi connectivity index (χ3n) is 8.16. The lowest BCUT2D eigenvalue weighted by Gasteiger charge is -2.24. The predicted octanol–water partition coefficient (Wildman–Crippen LogP) is 4.37. The van der Waals surface area contributed by atoms with Crippen LogP contribution < -0.4 is 16.4 Å². The zero-order chi connectivity index (χ0) is 29.8. The highest BCUT2D eigenvalue weighted by atomic mass is 19.1. The Morgan fingerprint density at radius 3 is 2.65 bits per heavy atom. The SMILES string of the molecule is CN1CCc2nc(Nc3cc(-c4cc(F)cc(-n5ccn6c(cc7ccccc76)c5=O)c4CO)cn(C)c3=O)ccc2C1. The fourth-order valence-electron chi connectivity index (χ4n) is 5.99. The monoisotopic (exact) mass is 576 g/mol. The molecule has 2 aromatic carbocycles. The molecule has 4 aromatic heterocycles. The van der Waals surface area contributed by atoms with Crippen molar-refractivity contribution in [1.29, 1.82) is 0 Å². The van der Waals surface area contributed by atoms with Gasteiger partial charge in [-0.15, -0.1) is 0 Å². The van der Waals surface area contributed by atoms with Crippen molar-refractivity contribution >= 4 is 27.9 Å². The lowest BCUT2D eigenvalue weighted by molar-refractivity contribution is 0.282. The lowest BCUT2D eigenvalue weighted by Crippen LogP contribution is -2.27. The smallest absolute Gasteiger partial charge is 0.279 e. The first kappa shape index (κ1) is 26.8. The lowest BCUT2D eigenvalue weighted by atomic mass is 9.98. The van der Waals surface area contributed by atoms with Gasteiger partial charge in [-0.25, -0.2) is 9.37 Å². The minimum atomic E-state index is -0.584. The second-order valence-electron chi connectivity index (χ2n) is 11.0. The van der Waals surface area contributed by atoms with Crippen LogP contribution >= 0.6 is 0 Å².